The van der Waals surface area contributed by atoms with Crippen molar-refractivity contribution < 1.29 is 24.2 Å². The van der Waals surface area contributed by atoms with Gasteiger partial charge in [-0.25, -0.2) is 0 Å². The lowest BCUT2D eigenvalue weighted by atomic mass is 9.74. The Morgan fingerprint density at radius 2 is 2.00 bits per heavy atom. The number of rotatable bonds is 6. The number of amides is 2. The molecule has 0 aromatic heterocycles. The van der Waals surface area contributed by atoms with Gasteiger partial charge in [-0.1, -0.05) is 37.6 Å². The minimum absolute atomic E-state index is 0.0571. The van der Waals surface area contributed by atoms with E-state index >= 15 is 0 Å². The van der Waals surface area contributed by atoms with Gasteiger partial charge >= 0.3 is 5.97 Å². The second-order valence-corrected chi connectivity index (χ2v) is 11.3. The Morgan fingerprint density at radius 3 is 2.72 bits per heavy atom. The molecule has 2 amide bonds. The van der Waals surface area contributed by atoms with Crippen molar-refractivity contribution in [3.8, 4) is 0 Å². The molecule has 4 aliphatic rings. The number of aliphatic hydroxyl groups is 1. The number of carbonyl (C=O) groups excluding carboxylic acids is 3. The quantitative estimate of drug-likeness (QED) is 0.481. The van der Waals surface area contributed by atoms with E-state index < -0.39 is 27.4 Å². The van der Waals surface area contributed by atoms with Crippen LogP contribution >= 0.6 is 11.8 Å². The fourth-order valence-corrected chi connectivity index (χ4v) is 8.11. The molecule has 2 saturated heterocycles. The van der Waals surface area contributed by atoms with Crippen LogP contribution in [0.2, 0.25) is 0 Å². The van der Waals surface area contributed by atoms with E-state index in [1.54, 1.807) is 16.7 Å². The molecule has 4 rings (SSSR count). The topological polar surface area (TPSA) is 87.2 Å². The number of aliphatic hydroxyl groups excluding tert-OH is 1. The Morgan fingerprint density at radius 1 is 1.22 bits per heavy atom. The highest BCUT2D eigenvalue weighted by atomic mass is 32.2. The first kappa shape index (κ1) is 23.4. The highest BCUT2D eigenvalue weighted by molar-refractivity contribution is 8.02. The summed E-state index contributed by atoms with van der Waals surface area (Å²) < 4.78 is 4.06. The zero-order valence-electron chi connectivity index (χ0n) is 19.2. The van der Waals surface area contributed by atoms with Crippen LogP contribution in [0.4, 0.5) is 0 Å². The van der Waals surface area contributed by atoms with Crippen molar-refractivity contribution in [2.75, 3.05) is 26.3 Å². The van der Waals surface area contributed by atoms with Gasteiger partial charge in [0, 0.05) is 30.5 Å². The first-order chi connectivity index (χ1) is 15.3. The maximum absolute atomic E-state index is 14.0. The summed E-state index contributed by atoms with van der Waals surface area (Å²) in [5.74, 6) is -1.93. The predicted octanol–water partition coefficient (Wildman–Crippen LogP) is 2.15. The summed E-state index contributed by atoms with van der Waals surface area (Å²) in [6.45, 7) is 7.17. The molecule has 8 heteroatoms. The average Bonchev–Trinajstić information content (AvgIpc) is 3.05. The van der Waals surface area contributed by atoms with Crippen LogP contribution in [-0.2, 0) is 19.1 Å². The van der Waals surface area contributed by atoms with Crippen molar-refractivity contribution in [2.24, 2.45) is 11.8 Å². The van der Waals surface area contributed by atoms with E-state index in [0.717, 1.165) is 12.8 Å². The van der Waals surface area contributed by atoms with Gasteiger partial charge in [0.25, 0.3) is 0 Å². The van der Waals surface area contributed by atoms with Gasteiger partial charge in [0.2, 0.25) is 11.8 Å². The van der Waals surface area contributed by atoms with Crippen LogP contribution in [0.5, 0.6) is 0 Å². The van der Waals surface area contributed by atoms with E-state index in [9.17, 15) is 19.5 Å². The minimum Gasteiger partial charge on any atom is -0.465 e. The summed E-state index contributed by atoms with van der Waals surface area (Å²) >= 11 is 1.56. The molecular formula is C24H34N2O5S. The molecular weight excluding hydrogens is 428 g/mol. The smallest absolute Gasteiger partial charge is 0.311 e. The molecule has 0 bridgehead atoms. The largest absolute Gasteiger partial charge is 0.465 e. The third-order valence-corrected chi connectivity index (χ3v) is 9.14. The average molecular weight is 463 g/mol. The van der Waals surface area contributed by atoms with Gasteiger partial charge in [-0.2, -0.15) is 0 Å². The number of esters is 1. The Hall–Kier alpha value is -1.80. The van der Waals surface area contributed by atoms with Crippen molar-refractivity contribution in [3.63, 3.8) is 0 Å². The summed E-state index contributed by atoms with van der Waals surface area (Å²) in [5.41, 5.74) is 0. The highest BCUT2D eigenvalue weighted by Gasteiger charge is 2.73. The summed E-state index contributed by atoms with van der Waals surface area (Å²) in [5, 5.41) is 9.45. The van der Waals surface area contributed by atoms with Crippen molar-refractivity contribution in [1.82, 2.24) is 9.80 Å². The van der Waals surface area contributed by atoms with Gasteiger partial charge < -0.3 is 19.6 Å². The lowest BCUT2D eigenvalue weighted by molar-refractivity contribution is -0.154. The second-order valence-electron chi connectivity index (χ2n) is 9.50. The Balaban J connectivity index is 1.83. The lowest BCUT2D eigenvalue weighted by Crippen LogP contribution is -2.55. The molecule has 4 heterocycles. The van der Waals surface area contributed by atoms with Crippen LogP contribution in [0.25, 0.3) is 0 Å². The third-order valence-electron chi connectivity index (χ3n) is 7.35. The zero-order valence-corrected chi connectivity index (χ0v) is 20.0. The minimum atomic E-state index is -0.836. The molecule has 0 radical (unpaired) electrons. The van der Waals surface area contributed by atoms with Gasteiger partial charge in [-0.05, 0) is 33.1 Å². The van der Waals surface area contributed by atoms with Crippen molar-refractivity contribution >= 4 is 29.5 Å². The molecule has 1 N–H and O–H groups in total. The fourth-order valence-electron chi connectivity index (χ4n) is 5.96. The van der Waals surface area contributed by atoms with Crippen molar-refractivity contribution in [2.45, 2.75) is 68.0 Å². The highest BCUT2D eigenvalue weighted by Crippen LogP contribution is 2.65. The number of hydrogen-bond donors (Lipinski definition) is 1. The van der Waals surface area contributed by atoms with Gasteiger partial charge in [0.05, 0.1) is 23.2 Å². The Labute approximate surface area is 194 Å². The van der Waals surface area contributed by atoms with Crippen molar-refractivity contribution in [3.05, 3.63) is 24.3 Å². The van der Waals surface area contributed by atoms with Crippen molar-refractivity contribution in [1.29, 1.82) is 0 Å². The molecule has 2 unspecified atom stereocenters. The van der Waals surface area contributed by atoms with Crippen LogP contribution in [0, 0.1) is 11.8 Å². The fraction of sp³-hybridized carbons (Fsp3) is 0.708. The van der Waals surface area contributed by atoms with E-state index in [0.29, 0.717) is 32.5 Å². The van der Waals surface area contributed by atoms with E-state index in [1.807, 2.05) is 36.1 Å². The summed E-state index contributed by atoms with van der Waals surface area (Å²) in [6, 6.07) is -0.637. The molecule has 176 valence electrons. The number of carbonyl (C=O) groups is 3. The summed E-state index contributed by atoms with van der Waals surface area (Å²) in [4.78, 5) is 44.5. The monoisotopic (exact) mass is 462 g/mol. The van der Waals surface area contributed by atoms with Gasteiger partial charge in [-0.3, -0.25) is 14.4 Å². The van der Waals surface area contributed by atoms with Gasteiger partial charge in [0.1, 0.15) is 6.04 Å². The molecule has 32 heavy (non-hydrogen) atoms. The van der Waals surface area contributed by atoms with Crippen LogP contribution in [0.3, 0.4) is 0 Å². The third kappa shape index (κ3) is 3.50. The maximum Gasteiger partial charge on any atom is 0.311 e. The molecule has 2 fully saturated rings. The maximum atomic E-state index is 14.0. The molecule has 1 spiro atoms. The summed E-state index contributed by atoms with van der Waals surface area (Å²) in [7, 11) is 0. The van der Waals surface area contributed by atoms with Gasteiger partial charge in [-0.15, -0.1) is 11.8 Å². The van der Waals surface area contributed by atoms with E-state index in [1.165, 1.54) is 0 Å². The lowest BCUT2D eigenvalue weighted by Gasteiger charge is -2.38. The standard InChI is InChI=1S/C24H34N2O5S/c1-4-9-16(2)25-12-7-11-24-17(20(28)26(13-8-14-27)19(24)21(25)29)18-22(30)31-15-6-5-10-23(18,3)32-24/h5,7,10-11,16-19,27H,4,6,8-9,12-15H2,1-3H3/t16?,17-,18+,19?,23-,24-/m0/s1. The normalized spacial score (nSPS) is 37.4. The van der Waals surface area contributed by atoms with E-state index in [2.05, 4.69) is 13.8 Å². The Bertz CT molecular complexity index is 844. The molecule has 0 aromatic carbocycles. The van der Waals surface area contributed by atoms with Crippen LogP contribution in [0.1, 0.15) is 46.5 Å². The number of nitrogens with zero attached hydrogens (tertiary/aromatic N) is 2. The molecule has 6 atom stereocenters. The van der Waals surface area contributed by atoms with Crippen LogP contribution in [0.15, 0.2) is 24.3 Å². The zero-order chi connectivity index (χ0) is 23.1. The van der Waals surface area contributed by atoms with E-state index in [-0.39, 0.29) is 30.4 Å². The van der Waals surface area contributed by atoms with Crippen LogP contribution < -0.4 is 0 Å². The number of thioether (sulfide) groups is 1. The first-order valence-electron chi connectivity index (χ1n) is 11.7. The number of fused-ring (bicyclic) bond motifs is 2. The number of cyclic esters (lactones) is 1. The molecule has 0 saturated carbocycles. The SMILES string of the molecule is CCCC(C)N1CC=C[C@]23S[C@@]4(C)C=CCCOC(=O)[C@H]4[C@H]2C(=O)N(CCCO)C3C1=O. The number of ether oxygens (including phenoxy) is 1. The molecule has 7 nitrogen and oxygen atoms in total. The predicted molar refractivity (Wildman–Crippen MR) is 123 cm³/mol. The molecule has 0 aliphatic carbocycles. The number of hydrogen-bond acceptors (Lipinski definition) is 6. The number of likely N-dealkylation sites (tertiary alicyclic amines) is 1. The molecule has 0 aromatic rings. The Kier molecular flexibility index (Phi) is 6.47. The summed E-state index contributed by atoms with van der Waals surface area (Å²) in [6.07, 6.45) is 11.0. The first-order valence-corrected chi connectivity index (χ1v) is 12.6. The second kappa shape index (κ2) is 8.86. The molecule has 4 aliphatic heterocycles. The van der Waals surface area contributed by atoms with E-state index in [4.69, 9.17) is 4.74 Å². The van der Waals surface area contributed by atoms with Gasteiger partial charge in [0.15, 0.2) is 0 Å². The van der Waals surface area contributed by atoms with Crippen LogP contribution in [-0.4, -0.2) is 80.6 Å².